The predicted molar refractivity (Wildman–Crippen MR) is 110 cm³/mol. The largest absolute Gasteiger partial charge is 0.370 e. The number of hydrogen-bond donors (Lipinski definition) is 1. The van der Waals surface area contributed by atoms with Crippen LogP contribution in [0.3, 0.4) is 0 Å². The van der Waals surface area contributed by atoms with Crippen LogP contribution in [-0.2, 0) is 27.2 Å². The zero-order valence-electron chi connectivity index (χ0n) is 17.4. The molecule has 12 heteroatoms. The molecule has 1 N–H and O–H groups in total. The van der Waals surface area contributed by atoms with Crippen LogP contribution in [0.15, 0.2) is 29.4 Å². The van der Waals surface area contributed by atoms with Gasteiger partial charge in [-0.25, -0.2) is 4.39 Å². The minimum atomic E-state index is -4.22. The number of nitrogens with zero attached hydrogens (tertiary/aromatic N) is 1. The average Bonchev–Trinajstić information content (AvgIpc) is 3.16. The summed E-state index contributed by atoms with van der Waals surface area (Å²) in [7, 11) is -8.44. The lowest BCUT2D eigenvalue weighted by Gasteiger charge is -2.38. The third kappa shape index (κ3) is 4.59. The van der Waals surface area contributed by atoms with Crippen molar-refractivity contribution in [3.63, 3.8) is 0 Å². The summed E-state index contributed by atoms with van der Waals surface area (Å²) in [6.07, 6.45) is -0.420. The van der Waals surface area contributed by atoms with Crippen LogP contribution in [0.2, 0.25) is 0 Å². The molecule has 168 valence electrons. The van der Waals surface area contributed by atoms with Gasteiger partial charge in [-0.15, -0.1) is 0 Å². The fourth-order valence-electron chi connectivity index (χ4n) is 3.04. The highest BCUT2D eigenvalue weighted by Gasteiger charge is 2.68. The smallest absolute Gasteiger partial charge is 0.307 e. The van der Waals surface area contributed by atoms with E-state index in [-0.39, 0.29) is 37.7 Å². The molecule has 0 spiro atoms. The second-order valence-electron chi connectivity index (χ2n) is 6.17. The van der Waals surface area contributed by atoms with Crippen molar-refractivity contribution in [3.05, 3.63) is 35.6 Å². The summed E-state index contributed by atoms with van der Waals surface area (Å²) < 4.78 is 63.0. The van der Waals surface area contributed by atoms with Crippen LogP contribution in [0.25, 0.3) is 0 Å². The second-order valence-corrected chi connectivity index (χ2v) is 11.1. The Morgan fingerprint density at radius 3 is 1.97 bits per heavy atom. The van der Waals surface area contributed by atoms with E-state index in [4.69, 9.17) is 18.1 Å². The Hall–Kier alpha value is -1.41. The van der Waals surface area contributed by atoms with Gasteiger partial charge in [-0.1, -0.05) is 12.1 Å². The Balaban J connectivity index is 2.55. The Labute approximate surface area is 175 Å². The summed E-state index contributed by atoms with van der Waals surface area (Å²) in [6, 6.07) is 5.06. The molecular weight excluding hydrogens is 437 g/mol. The summed E-state index contributed by atoms with van der Waals surface area (Å²) in [6.45, 7) is 6.30. The molecule has 0 fully saturated rings. The van der Waals surface area contributed by atoms with E-state index in [9.17, 15) is 18.3 Å². The fourth-order valence-corrected chi connectivity index (χ4v) is 8.33. The molecule has 30 heavy (non-hydrogen) atoms. The topological polar surface area (TPSA) is 113 Å². The molecule has 0 saturated carbocycles. The molecule has 1 aliphatic rings. The van der Waals surface area contributed by atoms with E-state index in [1.165, 1.54) is 18.2 Å². The number of benzene rings is 1. The molecular formula is C18H27FN2O7P2. The Morgan fingerprint density at radius 1 is 1.03 bits per heavy atom. The quantitative estimate of drug-likeness (QED) is 0.354. The second kappa shape index (κ2) is 10.3. The molecule has 0 radical (unpaired) electrons. The minimum Gasteiger partial charge on any atom is -0.307 e. The normalized spacial score (nSPS) is 16.2. The minimum absolute atomic E-state index is 0.0217. The summed E-state index contributed by atoms with van der Waals surface area (Å²) in [5.41, 5.74) is 2.47. The monoisotopic (exact) mass is 464 g/mol. The van der Waals surface area contributed by atoms with Crippen LogP contribution in [0.5, 0.6) is 0 Å². The molecule has 1 aliphatic heterocycles. The van der Waals surface area contributed by atoms with Gasteiger partial charge in [-0.2, -0.15) is 5.10 Å². The van der Waals surface area contributed by atoms with Crippen molar-refractivity contribution < 1.29 is 36.4 Å². The molecule has 2 rings (SSSR count). The first-order valence-corrected chi connectivity index (χ1v) is 12.7. The lowest BCUT2D eigenvalue weighted by atomic mass is 10.1. The number of halogens is 1. The molecule has 0 unspecified atom stereocenters. The highest BCUT2D eigenvalue weighted by atomic mass is 31.2. The van der Waals surface area contributed by atoms with Crippen LogP contribution >= 0.6 is 15.2 Å². The Bertz CT molecular complexity index is 843. The van der Waals surface area contributed by atoms with E-state index < -0.39 is 38.2 Å². The fraction of sp³-hybridized carbons (Fsp3) is 0.556. The van der Waals surface area contributed by atoms with Gasteiger partial charge in [-0.3, -0.25) is 19.4 Å². The van der Waals surface area contributed by atoms with E-state index >= 15 is 0 Å². The maximum absolute atomic E-state index is 13.8. The van der Waals surface area contributed by atoms with Crippen molar-refractivity contribution >= 4 is 26.7 Å². The molecule has 0 bridgehead atoms. The zero-order chi connectivity index (χ0) is 22.4. The molecule has 1 heterocycles. The average molecular weight is 464 g/mol. The van der Waals surface area contributed by atoms with Crippen LogP contribution < -0.4 is 5.43 Å². The van der Waals surface area contributed by atoms with Gasteiger partial charge < -0.3 is 18.1 Å². The number of hydrogen-bond acceptors (Lipinski definition) is 9. The molecule has 0 saturated heterocycles. The molecule has 1 aromatic rings. The number of rotatable bonds is 12. The molecule has 0 aromatic heterocycles. The first-order valence-electron chi connectivity index (χ1n) is 9.64. The number of Topliss-reactive ketones (excluding diaryl/α,β-unsaturated/α-hetero) is 1. The van der Waals surface area contributed by atoms with Gasteiger partial charge in [0.05, 0.1) is 26.4 Å². The highest BCUT2D eigenvalue weighted by Crippen LogP contribution is 2.78. The lowest BCUT2D eigenvalue weighted by Crippen LogP contribution is -2.42. The van der Waals surface area contributed by atoms with Gasteiger partial charge in [0.1, 0.15) is 11.5 Å². The van der Waals surface area contributed by atoms with Crippen LogP contribution in [0.1, 0.15) is 44.5 Å². The van der Waals surface area contributed by atoms with Gasteiger partial charge in [0, 0.05) is 12.0 Å². The molecule has 0 aliphatic carbocycles. The molecule has 0 amide bonds. The standard InChI is InChI=1S/C18H27FN2O7P2/c1-5-25-29(23,26-6-2)18(30(24,27-7-3)28-8-4)13-16(20-21-18)17(22)14-10-9-11-15(19)12-14/h9-12,21H,5-8,13H2,1-4H3. The third-order valence-corrected chi connectivity index (χ3v) is 10.4. The molecule has 9 nitrogen and oxygen atoms in total. The lowest BCUT2D eigenvalue weighted by molar-refractivity contribution is 0.106. The first-order chi connectivity index (χ1) is 14.2. The van der Waals surface area contributed by atoms with Gasteiger partial charge in [0.2, 0.25) is 5.78 Å². The molecule has 0 atom stereocenters. The van der Waals surface area contributed by atoms with Gasteiger partial charge in [0.15, 0.2) is 0 Å². The SMILES string of the molecule is CCOP(=O)(OCC)C1(P(=O)(OCC)OCC)CC(C(=O)c2cccc(F)c2)=NN1. The van der Waals surface area contributed by atoms with Crippen molar-refractivity contribution in [3.8, 4) is 0 Å². The maximum Gasteiger partial charge on any atom is 0.370 e. The summed E-state index contributed by atoms with van der Waals surface area (Å²) in [4.78, 5) is 12.9. The van der Waals surface area contributed by atoms with Gasteiger partial charge in [0.25, 0.3) is 5.02 Å². The highest BCUT2D eigenvalue weighted by molar-refractivity contribution is 7.74. The summed E-state index contributed by atoms with van der Waals surface area (Å²) >= 11 is 0. The van der Waals surface area contributed by atoms with Crippen LogP contribution in [0, 0.1) is 5.82 Å². The third-order valence-electron chi connectivity index (χ3n) is 4.24. The number of nitrogens with one attached hydrogen (secondary N) is 1. The number of carbonyl (C=O) groups excluding carboxylic acids is 1. The van der Waals surface area contributed by atoms with E-state index in [1.54, 1.807) is 27.7 Å². The Morgan fingerprint density at radius 2 is 1.53 bits per heavy atom. The first kappa shape index (κ1) is 24.9. The van der Waals surface area contributed by atoms with Crippen molar-refractivity contribution in [2.45, 2.75) is 39.1 Å². The Kier molecular flexibility index (Phi) is 8.51. The zero-order valence-corrected chi connectivity index (χ0v) is 19.2. The van der Waals surface area contributed by atoms with E-state index in [0.29, 0.717) is 0 Å². The molecule has 1 aromatic carbocycles. The van der Waals surface area contributed by atoms with E-state index in [1.807, 2.05) is 0 Å². The van der Waals surface area contributed by atoms with Crippen molar-refractivity contribution in [1.82, 2.24) is 5.43 Å². The maximum atomic E-state index is 13.8. The number of hydrazone groups is 1. The van der Waals surface area contributed by atoms with Crippen molar-refractivity contribution in [2.24, 2.45) is 5.10 Å². The van der Waals surface area contributed by atoms with E-state index in [2.05, 4.69) is 10.5 Å². The van der Waals surface area contributed by atoms with Crippen molar-refractivity contribution in [1.29, 1.82) is 0 Å². The van der Waals surface area contributed by atoms with Gasteiger partial charge >= 0.3 is 15.2 Å². The predicted octanol–water partition coefficient (Wildman–Crippen LogP) is 4.54. The summed E-state index contributed by atoms with van der Waals surface area (Å²) in [5, 5.41) is 1.93. The number of ketones is 1. The summed E-state index contributed by atoms with van der Waals surface area (Å²) in [5.74, 6) is -1.22. The van der Waals surface area contributed by atoms with E-state index in [0.717, 1.165) is 6.07 Å². The van der Waals surface area contributed by atoms with Crippen molar-refractivity contribution in [2.75, 3.05) is 26.4 Å². The van der Waals surface area contributed by atoms with Crippen LogP contribution in [-0.4, -0.2) is 42.9 Å². The van der Waals surface area contributed by atoms with Gasteiger partial charge in [-0.05, 0) is 39.8 Å². The van der Waals surface area contributed by atoms with Crippen LogP contribution in [0.4, 0.5) is 4.39 Å². The number of carbonyl (C=O) groups is 1.